The maximum atomic E-state index is 12.4. The van der Waals surface area contributed by atoms with Crippen LogP contribution in [-0.2, 0) is 9.53 Å². The number of ketones is 1. The number of aromatic nitrogens is 1. The van der Waals surface area contributed by atoms with E-state index in [1.807, 2.05) is 0 Å². The molecular weight excluding hydrogens is 350 g/mol. The van der Waals surface area contributed by atoms with Gasteiger partial charge in [-0.3, -0.25) is 9.59 Å². The summed E-state index contributed by atoms with van der Waals surface area (Å²) in [7, 11) is 0. The Labute approximate surface area is 147 Å². The summed E-state index contributed by atoms with van der Waals surface area (Å²) in [6.45, 7) is -0.391. The molecule has 2 rings (SSSR count). The number of hydrogen-bond acceptors (Lipinski definition) is 5. The smallest absolute Gasteiger partial charge is 0.387 e. The number of para-hydroxylation sites is 2. The summed E-state index contributed by atoms with van der Waals surface area (Å²) in [4.78, 5) is 37.9. The molecule has 0 unspecified atom stereocenters. The van der Waals surface area contributed by atoms with Gasteiger partial charge in [-0.1, -0.05) is 12.1 Å². The van der Waals surface area contributed by atoms with Gasteiger partial charge in [0.05, 0.1) is 5.69 Å². The second-order valence-electron chi connectivity index (χ2n) is 5.27. The number of nitrogens with one attached hydrogen (secondary N) is 2. The van der Waals surface area contributed by atoms with Gasteiger partial charge in [0.2, 0.25) is 0 Å². The molecule has 1 atom stereocenters. The monoisotopic (exact) mass is 366 g/mol. The standard InChI is InChI=1S/C17H16F2N2O5/c1-9(22)11-7-13(20-8-11)16(24)25-10(2)15(23)21-12-5-3-4-6-14(12)26-17(18)19/h3-8,10,17,20H,1-2H3,(H,21,23)/t10-/m0/s1. The molecule has 1 aromatic carbocycles. The molecular formula is C17H16F2N2O5. The molecule has 0 saturated heterocycles. The molecule has 0 aliphatic carbocycles. The van der Waals surface area contributed by atoms with Gasteiger partial charge in [-0.15, -0.1) is 0 Å². The minimum absolute atomic E-state index is 0.0104. The molecule has 2 aromatic rings. The highest BCUT2D eigenvalue weighted by Gasteiger charge is 2.22. The lowest BCUT2D eigenvalue weighted by molar-refractivity contribution is -0.123. The van der Waals surface area contributed by atoms with Crippen LogP contribution in [0.3, 0.4) is 0 Å². The fourth-order valence-electron chi connectivity index (χ4n) is 2.00. The number of alkyl halides is 2. The van der Waals surface area contributed by atoms with Crippen LogP contribution >= 0.6 is 0 Å². The van der Waals surface area contributed by atoms with Crippen molar-refractivity contribution in [3.05, 3.63) is 47.8 Å². The first-order valence-corrected chi connectivity index (χ1v) is 7.53. The molecule has 0 saturated carbocycles. The van der Waals surface area contributed by atoms with Crippen LogP contribution in [0, 0.1) is 0 Å². The Bertz CT molecular complexity index is 819. The van der Waals surface area contributed by atoms with Crippen molar-refractivity contribution in [2.45, 2.75) is 26.6 Å². The van der Waals surface area contributed by atoms with Gasteiger partial charge in [0.25, 0.3) is 5.91 Å². The maximum absolute atomic E-state index is 12.4. The average molecular weight is 366 g/mol. The number of ether oxygens (including phenoxy) is 2. The third-order valence-electron chi connectivity index (χ3n) is 3.32. The van der Waals surface area contributed by atoms with Crippen molar-refractivity contribution in [3.63, 3.8) is 0 Å². The Morgan fingerprint density at radius 1 is 1.19 bits per heavy atom. The van der Waals surface area contributed by atoms with Gasteiger partial charge in [0, 0.05) is 11.8 Å². The van der Waals surface area contributed by atoms with Gasteiger partial charge in [0.1, 0.15) is 11.4 Å². The van der Waals surface area contributed by atoms with Gasteiger partial charge in [-0.25, -0.2) is 4.79 Å². The number of halogens is 2. The molecule has 1 heterocycles. The number of Topliss-reactive ketones (excluding diaryl/α,β-unsaturated/α-hetero) is 1. The number of aromatic amines is 1. The fraction of sp³-hybridized carbons (Fsp3) is 0.235. The van der Waals surface area contributed by atoms with E-state index in [4.69, 9.17) is 4.74 Å². The van der Waals surface area contributed by atoms with Crippen molar-refractivity contribution in [3.8, 4) is 5.75 Å². The number of benzene rings is 1. The molecule has 0 bridgehead atoms. The van der Waals surface area contributed by atoms with Crippen LogP contribution in [-0.4, -0.2) is 35.4 Å². The molecule has 1 amide bonds. The van der Waals surface area contributed by atoms with Crippen LogP contribution in [0.4, 0.5) is 14.5 Å². The van der Waals surface area contributed by atoms with Gasteiger partial charge in [-0.05, 0) is 32.0 Å². The maximum Gasteiger partial charge on any atom is 0.387 e. The minimum Gasteiger partial charge on any atom is -0.448 e. The van der Waals surface area contributed by atoms with Crippen molar-refractivity contribution < 1.29 is 32.6 Å². The summed E-state index contributed by atoms with van der Waals surface area (Å²) in [6, 6.07) is 6.93. The van der Waals surface area contributed by atoms with Gasteiger partial charge in [0.15, 0.2) is 11.9 Å². The van der Waals surface area contributed by atoms with Crippen molar-refractivity contribution in [2.75, 3.05) is 5.32 Å². The van der Waals surface area contributed by atoms with E-state index in [0.717, 1.165) is 0 Å². The first-order chi connectivity index (χ1) is 12.3. The van der Waals surface area contributed by atoms with Crippen molar-refractivity contribution in [1.82, 2.24) is 4.98 Å². The zero-order chi connectivity index (χ0) is 19.3. The SMILES string of the molecule is CC(=O)c1c[nH]c(C(=O)O[C@@H](C)C(=O)Nc2ccccc2OC(F)F)c1. The highest BCUT2D eigenvalue weighted by Crippen LogP contribution is 2.25. The molecule has 0 aliphatic rings. The summed E-state index contributed by atoms with van der Waals surface area (Å²) in [6.07, 6.45) is 0.132. The molecule has 7 nitrogen and oxygen atoms in total. The first kappa shape index (κ1) is 19.1. The molecule has 0 radical (unpaired) electrons. The molecule has 9 heteroatoms. The molecule has 138 valence electrons. The van der Waals surface area contributed by atoms with Crippen LogP contribution in [0.25, 0.3) is 0 Å². The second kappa shape index (κ2) is 8.24. The number of carbonyl (C=O) groups is 3. The van der Waals surface area contributed by atoms with Crippen LogP contribution in [0.15, 0.2) is 36.5 Å². The number of amides is 1. The summed E-state index contributed by atoms with van der Waals surface area (Å²) in [5, 5.41) is 2.36. The van der Waals surface area contributed by atoms with Crippen molar-refractivity contribution in [1.29, 1.82) is 0 Å². The topological polar surface area (TPSA) is 97.5 Å². The number of anilines is 1. The Hall–Kier alpha value is -3.23. The Kier molecular flexibility index (Phi) is 6.05. The highest BCUT2D eigenvalue weighted by atomic mass is 19.3. The van der Waals surface area contributed by atoms with Gasteiger partial charge >= 0.3 is 12.6 Å². The second-order valence-corrected chi connectivity index (χ2v) is 5.27. The van der Waals surface area contributed by atoms with E-state index in [-0.39, 0.29) is 22.9 Å². The lowest BCUT2D eigenvalue weighted by Crippen LogP contribution is -2.30. The number of hydrogen-bond donors (Lipinski definition) is 2. The zero-order valence-electron chi connectivity index (χ0n) is 13.9. The summed E-state index contributed by atoms with van der Waals surface area (Å²) < 4.78 is 34.1. The van der Waals surface area contributed by atoms with E-state index >= 15 is 0 Å². The Morgan fingerprint density at radius 2 is 1.88 bits per heavy atom. The lowest BCUT2D eigenvalue weighted by atomic mass is 10.2. The number of esters is 1. The molecule has 0 fully saturated rings. The fourth-order valence-corrected chi connectivity index (χ4v) is 2.00. The van der Waals surface area contributed by atoms with Gasteiger partial charge < -0.3 is 19.8 Å². The number of carbonyl (C=O) groups excluding carboxylic acids is 3. The number of H-pyrrole nitrogens is 1. The summed E-state index contributed by atoms with van der Waals surface area (Å²) >= 11 is 0. The van der Waals surface area contributed by atoms with Crippen molar-refractivity contribution in [2.24, 2.45) is 0 Å². The average Bonchev–Trinajstić information content (AvgIpc) is 3.06. The third-order valence-corrected chi connectivity index (χ3v) is 3.32. The van der Waals surface area contributed by atoms with E-state index in [2.05, 4.69) is 15.0 Å². The first-order valence-electron chi connectivity index (χ1n) is 7.53. The van der Waals surface area contributed by atoms with Gasteiger partial charge in [-0.2, -0.15) is 8.78 Å². The number of rotatable bonds is 7. The van der Waals surface area contributed by atoms with E-state index < -0.39 is 24.6 Å². The predicted molar refractivity (Wildman–Crippen MR) is 87.4 cm³/mol. The molecule has 0 aliphatic heterocycles. The predicted octanol–water partition coefficient (Wildman–Crippen LogP) is 3.00. The third kappa shape index (κ3) is 4.88. The minimum atomic E-state index is -3.05. The van der Waals surface area contributed by atoms with Crippen LogP contribution in [0.2, 0.25) is 0 Å². The Morgan fingerprint density at radius 3 is 2.50 bits per heavy atom. The summed E-state index contributed by atoms with van der Waals surface area (Å²) in [5.74, 6) is -2.02. The van der Waals surface area contributed by atoms with Crippen molar-refractivity contribution >= 4 is 23.3 Å². The molecule has 1 aromatic heterocycles. The lowest BCUT2D eigenvalue weighted by Gasteiger charge is -2.15. The Balaban J connectivity index is 2.01. The molecule has 26 heavy (non-hydrogen) atoms. The van der Waals surface area contributed by atoms with Crippen LogP contribution < -0.4 is 10.1 Å². The van der Waals surface area contributed by atoms with E-state index in [9.17, 15) is 23.2 Å². The van der Waals surface area contributed by atoms with Crippen LogP contribution in [0.5, 0.6) is 5.75 Å². The largest absolute Gasteiger partial charge is 0.448 e. The van der Waals surface area contributed by atoms with E-state index in [0.29, 0.717) is 5.56 Å². The zero-order valence-corrected chi connectivity index (χ0v) is 13.9. The van der Waals surface area contributed by atoms with E-state index in [1.54, 1.807) is 0 Å². The highest BCUT2D eigenvalue weighted by molar-refractivity contribution is 5.99. The molecule has 0 spiro atoms. The normalized spacial score (nSPS) is 11.7. The summed E-state index contributed by atoms with van der Waals surface area (Å²) in [5.41, 5.74) is 0.322. The molecule has 2 N–H and O–H groups in total. The van der Waals surface area contributed by atoms with E-state index in [1.165, 1.54) is 50.4 Å². The quantitative estimate of drug-likeness (QED) is 0.580. The van der Waals surface area contributed by atoms with Crippen LogP contribution in [0.1, 0.15) is 34.7 Å².